The van der Waals surface area contributed by atoms with Crippen LogP contribution in [0.5, 0.6) is 0 Å². The van der Waals surface area contributed by atoms with E-state index in [-0.39, 0.29) is 0 Å². The molecule has 0 aromatic carbocycles. The third kappa shape index (κ3) is 2.46. The van der Waals surface area contributed by atoms with E-state index in [0.717, 1.165) is 23.5 Å². The van der Waals surface area contributed by atoms with Crippen molar-refractivity contribution in [1.82, 2.24) is 9.97 Å². The summed E-state index contributed by atoms with van der Waals surface area (Å²) in [7, 11) is 0. The summed E-state index contributed by atoms with van der Waals surface area (Å²) in [5.41, 5.74) is 2.58. The Morgan fingerprint density at radius 3 is 2.53 bits per heavy atom. The fraction of sp³-hybridized carbons (Fsp3) is 0.643. The number of rotatable bonds is 2. The molecule has 0 atom stereocenters. The van der Waals surface area contributed by atoms with Gasteiger partial charge in [-0.05, 0) is 26.2 Å². The number of nitriles is 1. The van der Waals surface area contributed by atoms with Gasteiger partial charge in [-0.25, -0.2) is 9.97 Å². The van der Waals surface area contributed by atoms with E-state index in [4.69, 9.17) is 5.26 Å². The Morgan fingerprint density at radius 2 is 1.94 bits per heavy atom. The highest BCUT2D eigenvalue weighted by Gasteiger charge is 2.20. The highest BCUT2D eigenvalue weighted by Crippen LogP contribution is 2.31. The summed E-state index contributed by atoms with van der Waals surface area (Å²) < 4.78 is 0. The van der Waals surface area contributed by atoms with E-state index in [1.165, 1.54) is 32.1 Å². The topological polar surface area (TPSA) is 49.6 Å². The van der Waals surface area contributed by atoms with E-state index in [9.17, 15) is 0 Å². The summed E-state index contributed by atoms with van der Waals surface area (Å²) >= 11 is 0. The smallest absolute Gasteiger partial charge is 0.147 e. The Kier molecular flexibility index (Phi) is 3.73. The molecule has 3 nitrogen and oxygen atoms in total. The molecule has 0 amide bonds. The molecule has 1 aliphatic rings. The van der Waals surface area contributed by atoms with Gasteiger partial charge < -0.3 is 0 Å². The first-order valence-electron chi connectivity index (χ1n) is 6.53. The lowest BCUT2D eigenvalue weighted by atomic mass is 9.88. The zero-order chi connectivity index (χ0) is 12.3. The second-order valence-electron chi connectivity index (χ2n) is 4.79. The minimum absolute atomic E-state index is 0.473. The number of hydrogen-bond acceptors (Lipinski definition) is 3. The van der Waals surface area contributed by atoms with E-state index in [1.54, 1.807) is 0 Å². The molecular formula is C14H19N3. The molecule has 0 saturated heterocycles. The molecule has 1 aliphatic carbocycles. The lowest BCUT2D eigenvalue weighted by molar-refractivity contribution is 0.427. The van der Waals surface area contributed by atoms with Gasteiger partial charge in [0.05, 0.1) is 0 Å². The Labute approximate surface area is 103 Å². The van der Waals surface area contributed by atoms with Gasteiger partial charge in [-0.15, -0.1) is 0 Å². The Morgan fingerprint density at radius 1 is 1.24 bits per heavy atom. The first-order chi connectivity index (χ1) is 8.26. The van der Waals surface area contributed by atoms with Crippen molar-refractivity contribution in [2.24, 2.45) is 0 Å². The highest BCUT2D eigenvalue weighted by molar-refractivity contribution is 5.34. The molecule has 0 spiro atoms. The zero-order valence-electron chi connectivity index (χ0n) is 10.7. The maximum atomic E-state index is 9.16. The molecule has 90 valence electrons. The van der Waals surface area contributed by atoms with Crippen molar-refractivity contribution in [2.45, 2.75) is 58.3 Å². The van der Waals surface area contributed by atoms with E-state index >= 15 is 0 Å². The van der Waals surface area contributed by atoms with Crippen molar-refractivity contribution < 1.29 is 0 Å². The summed E-state index contributed by atoms with van der Waals surface area (Å²) in [6.45, 7) is 4.04. The zero-order valence-corrected chi connectivity index (χ0v) is 10.7. The second-order valence-corrected chi connectivity index (χ2v) is 4.79. The van der Waals surface area contributed by atoms with E-state index in [2.05, 4.69) is 16.0 Å². The van der Waals surface area contributed by atoms with Crippen molar-refractivity contribution in [1.29, 1.82) is 5.26 Å². The van der Waals surface area contributed by atoms with Crippen LogP contribution in [0.1, 0.15) is 67.7 Å². The third-order valence-electron chi connectivity index (χ3n) is 3.66. The first-order valence-corrected chi connectivity index (χ1v) is 6.53. The molecule has 3 heteroatoms. The summed E-state index contributed by atoms with van der Waals surface area (Å²) in [5.74, 6) is 1.37. The molecular weight excluding hydrogens is 210 g/mol. The lowest BCUT2D eigenvalue weighted by Crippen LogP contribution is -2.12. The third-order valence-corrected chi connectivity index (χ3v) is 3.66. The normalized spacial score (nSPS) is 16.8. The second kappa shape index (κ2) is 5.27. The molecule has 17 heavy (non-hydrogen) atoms. The number of aromatic nitrogens is 2. The maximum absolute atomic E-state index is 9.16. The quantitative estimate of drug-likeness (QED) is 0.782. The van der Waals surface area contributed by atoms with Crippen molar-refractivity contribution >= 4 is 0 Å². The van der Waals surface area contributed by atoms with Gasteiger partial charge in [-0.1, -0.05) is 26.2 Å². The van der Waals surface area contributed by atoms with Crippen LogP contribution in [0.3, 0.4) is 0 Å². The van der Waals surface area contributed by atoms with E-state index < -0.39 is 0 Å². The predicted molar refractivity (Wildman–Crippen MR) is 66.7 cm³/mol. The predicted octanol–water partition coefficient (Wildman–Crippen LogP) is 3.27. The van der Waals surface area contributed by atoms with Crippen LogP contribution in [0, 0.1) is 18.3 Å². The molecule has 1 heterocycles. The minimum Gasteiger partial charge on any atom is -0.238 e. The van der Waals surface area contributed by atoms with Gasteiger partial charge in [0.1, 0.15) is 17.6 Å². The average Bonchev–Trinajstić information content (AvgIpc) is 2.38. The van der Waals surface area contributed by atoms with Crippen LogP contribution in [-0.4, -0.2) is 9.97 Å². The van der Waals surface area contributed by atoms with Crippen molar-refractivity contribution in [3.8, 4) is 6.07 Å². The minimum atomic E-state index is 0.473. The van der Waals surface area contributed by atoms with Crippen molar-refractivity contribution in [3.05, 3.63) is 22.8 Å². The highest BCUT2D eigenvalue weighted by atomic mass is 14.9. The molecule has 0 radical (unpaired) electrons. The average molecular weight is 229 g/mol. The van der Waals surface area contributed by atoms with Gasteiger partial charge in [0.2, 0.25) is 0 Å². The van der Waals surface area contributed by atoms with Crippen LogP contribution in [0.15, 0.2) is 0 Å². The fourth-order valence-electron chi connectivity index (χ4n) is 2.68. The van der Waals surface area contributed by atoms with E-state index in [1.807, 2.05) is 13.8 Å². The molecule has 0 aliphatic heterocycles. The first kappa shape index (κ1) is 12.0. The molecule has 1 fully saturated rings. The Balaban J connectivity index is 2.36. The number of aryl methyl sites for hydroxylation is 1. The van der Waals surface area contributed by atoms with Crippen molar-refractivity contribution in [3.63, 3.8) is 0 Å². The van der Waals surface area contributed by atoms with Gasteiger partial charge in [0, 0.05) is 17.2 Å². The molecule has 0 bridgehead atoms. The lowest BCUT2D eigenvalue weighted by Gasteiger charge is -2.21. The van der Waals surface area contributed by atoms with Crippen LogP contribution >= 0.6 is 0 Å². The van der Waals surface area contributed by atoms with Gasteiger partial charge >= 0.3 is 0 Å². The molecule has 1 saturated carbocycles. The standard InChI is InChI=1S/C14H19N3/c1-3-12-10(2)16-14(17-13(12)9-15)11-7-5-4-6-8-11/h11H,3-8H2,1-2H3. The molecule has 0 unspecified atom stereocenters. The largest absolute Gasteiger partial charge is 0.238 e. The van der Waals surface area contributed by atoms with Crippen LogP contribution in [-0.2, 0) is 6.42 Å². The summed E-state index contributed by atoms with van der Waals surface area (Å²) in [6, 6.07) is 2.22. The Bertz CT molecular complexity index is 440. The van der Waals surface area contributed by atoms with E-state index in [0.29, 0.717) is 11.6 Å². The summed E-state index contributed by atoms with van der Waals surface area (Å²) in [5, 5.41) is 9.16. The molecule has 1 aromatic heterocycles. The van der Waals surface area contributed by atoms with Gasteiger partial charge in [-0.2, -0.15) is 5.26 Å². The number of nitrogens with zero attached hydrogens (tertiary/aromatic N) is 3. The van der Waals surface area contributed by atoms with Gasteiger partial charge in [0.25, 0.3) is 0 Å². The fourth-order valence-corrected chi connectivity index (χ4v) is 2.68. The molecule has 1 aromatic rings. The van der Waals surface area contributed by atoms with Gasteiger partial charge in [0.15, 0.2) is 0 Å². The molecule has 0 N–H and O–H groups in total. The van der Waals surface area contributed by atoms with Crippen LogP contribution < -0.4 is 0 Å². The number of hydrogen-bond donors (Lipinski definition) is 0. The maximum Gasteiger partial charge on any atom is 0.147 e. The van der Waals surface area contributed by atoms with Crippen LogP contribution in [0.4, 0.5) is 0 Å². The van der Waals surface area contributed by atoms with Gasteiger partial charge in [-0.3, -0.25) is 0 Å². The Hall–Kier alpha value is -1.43. The summed E-state index contributed by atoms with van der Waals surface area (Å²) in [6.07, 6.45) is 7.05. The van der Waals surface area contributed by atoms with Crippen LogP contribution in [0.25, 0.3) is 0 Å². The van der Waals surface area contributed by atoms with Crippen molar-refractivity contribution in [2.75, 3.05) is 0 Å². The SMILES string of the molecule is CCc1c(C)nc(C2CCCCC2)nc1C#N. The monoisotopic (exact) mass is 229 g/mol. The van der Waals surface area contributed by atoms with Crippen LogP contribution in [0.2, 0.25) is 0 Å². The summed E-state index contributed by atoms with van der Waals surface area (Å²) in [4.78, 5) is 9.09. The molecule has 2 rings (SSSR count).